The zero-order valence-electron chi connectivity index (χ0n) is 19.0. The lowest BCUT2D eigenvalue weighted by Crippen LogP contribution is -2.06. The van der Waals surface area contributed by atoms with E-state index < -0.39 is 5.82 Å². The topological polar surface area (TPSA) is 114 Å². The molecule has 2 heterocycles. The fourth-order valence-corrected chi connectivity index (χ4v) is 3.66. The van der Waals surface area contributed by atoms with E-state index in [4.69, 9.17) is 14.0 Å². The molecule has 8 nitrogen and oxygen atoms in total. The second kappa shape index (κ2) is 9.75. The molecule has 2 aromatic carbocycles. The highest BCUT2D eigenvalue weighted by atomic mass is 19.1. The van der Waals surface area contributed by atoms with Gasteiger partial charge in [-0.15, -0.1) is 0 Å². The van der Waals surface area contributed by atoms with Crippen LogP contribution in [0.1, 0.15) is 38.3 Å². The van der Waals surface area contributed by atoms with Crippen LogP contribution in [0.5, 0.6) is 5.75 Å². The number of carbonyl (C=O) groups excluding carboxylic acids is 1. The summed E-state index contributed by atoms with van der Waals surface area (Å²) in [6, 6.07) is 9.85. The molecule has 0 fully saturated rings. The lowest BCUT2D eigenvalue weighted by Gasteiger charge is -2.11. The number of rotatable bonds is 8. The molecule has 0 aliphatic rings. The molecule has 9 heteroatoms. The number of benzene rings is 2. The van der Waals surface area contributed by atoms with Gasteiger partial charge in [0.2, 0.25) is 5.82 Å². The Morgan fingerprint density at radius 2 is 2.12 bits per heavy atom. The lowest BCUT2D eigenvalue weighted by atomic mass is 10.0. The molecule has 0 amide bonds. The minimum Gasteiger partial charge on any atom is -0.490 e. The van der Waals surface area contributed by atoms with Crippen LogP contribution >= 0.6 is 0 Å². The number of nitrogens with zero attached hydrogens (tertiary/aromatic N) is 3. The Labute approximate surface area is 195 Å². The van der Waals surface area contributed by atoms with E-state index in [2.05, 4.69) is 21.2 Å². The number of ether oxygens (including phenoxy) is 2. The summed E-state index contributed by atoms with van der Waals surface area (Å²) in [4.78, 5) is 19.3. The third kappa shape index (κ3) is 4.76. The molecule has 2 aromatic heterocycles. The number of hydrogen-bond acceptors (Lipinski definition) is 7. The van der Waals surface area contributed by atoms with Crippen molar-refractivity contribution in [2.75, 3.05) is 6.61 Å². The van der Waals surface area contributed by atoms with E-state index in [-0.39, 0.29) is 30.2 Å². The van der Waals surface area contributed by atoms with E-state index in [0.717, 1.165) is 5.56 Å². The molecule has 0 radical (unpaired) electrons. The van der Waals surface area contributed by atoms with E-state index in [0.29, 0.717) is 46.4 Å². The van der Waals surface area contributed by atoms with Crippen molar-refractivity contribution in [2.24, 2.45) is 0 Å². The monoisotopic (exact) mass is 462 g/mol. The summed E-state index contributed by atoms with van der Waals surface area (Å²) in [6.07, 6.45) is 2.25. The van der Waals surface area contributed by atoms with Crippen molar-refractivity contribution in [1.29, 1.82) is 5.26 Å². The molecular formula is C25H23FN4O4. The Balaban J connectivity index is 1.66. The third-order valence-electron chi connectivity index (χ3n) is 5.12. The van der Waals surface area contributed by atoms with Gasteiger partial charge in [-0.2, -0.15) is 10.2 Å². The Bertz CT molecular complexity index is 1380. The first-order valence-corrected chi connectivity index (χ1v) is 10.9. The molecule has 1 N–H and O–H groups in total. The molecule has 34 heavy (non-hydrogen) atoms. The maximum Gasteiger partial charge on any atom is 0.306 e. The predicted molar refractivity (Wildman–Crippen MR) is 122 cm³/mol. The number of aromatic nitrogens is 3. The van der Waals surface area contributed by atoms with Crippen molar-refractivity contribution < 1.29 is 23.2 Å². The highest BCUT2D eigenvalue weighted by Crippen LogP contribution is 2.32. The summed E-state index contributed by atoms with van der Waals surface area (Å²) in [5.41, 5.74) is 2.72. The van der Waals surface area contributed by atoms with Crippen LogP contribution in [0.4, 0.5) is 4.39 Å². The maximum atomic E-state index is 14.5. The number of aromatic amines is 1. The largest absolute Gasteiger partial charge is 0.490 e. The molecule has 4 rings (SSSR count). The van der Waals surface area contributed by atoms with Gasteiger partial charge in [0, 0.05) is 29.1 Å². The van der Waals surface area contributed by atoms with Gasteiger partial charge >= 0.3 is 5.97 Å². The zero-order valence-corrected chi connectivity index (χ0v) is 19.0. The SMILES string of the molecule is CCOC(=O)CCc1c[nH]c2c(-c3noc(-c4ccc(OC(C)C)c(C#N)c4)n3)cc(F)cc12. The maximum absolute atomic E-state index is 14.5. The van der Waals surface area contributed by atoms with Crippen molar-refractivity contribution >= 4 is 16.9 Å². The Kier molecular flexibility index (Phi) is 6.59. The number of H-pyrrole nitrogens is 1. The molecular weight excluding hydrogens is 439 g/mol. The van der Waals surface area contributed by atoms with E-state index in [1.807, 2.05) is 13.8 Å². The number of nitrogens with one attached hydrogen (secondary N) is 1. The molecule has 0 saturated heterocycles. The molecule has 4 aromatic rings. The van der Waals surface area contributed by atoms with Crippen LogP contribution in [0, 0.1) is 17.1 Å². The van der Waals surface area contributed by atoms with Crippen LogP contribution in [-0.4, -0.2) is 33.8 Å². The molecule has 0 aliphatic heterocycles. The van der Waals surface area contributed by atoms with Crippen molar-refractivity contribution in [3.8, 4) is 34.7 Å². The molecule has 0 aliphatic carbocycles. The van der Waals surface area contributed by atoms with Gasteiger partial charge in [-0.05, 0) is 63.1 Å². The van der Waals surface area contributed by atoms with Gasteiger partial charge in [0.25, 0.3) is 5.89 Å². The molecule has 0 saturated carbocycles. The van der Waals surface area contributed by atoms with Gasteiger partial charge < -0.3 is 19.0 Å². The molecule has 0 bridgehead atoms. The van der Waals surface area contributed by atoms with Gasteiger partial charge in [0.1, 0.15) is 17.6 Å². The number of hydrogen-bond donors (Lipinski definition) is 1. The summed E-state index contributed by atoms with van der Waals surface area (Å²) in [5.74, 6) is 0.0774. The number of nitriles is 1. The average molecular weight is 462 g/mol. The predicted octanol–water partition coefficient (Wildman–Crippen LogP) is 5.18. The second-order valence-electron chi connectivity index (χ2n) is 7.91. The van der Waals surface area contributed by atoms with E-state index >= 15 is 0 Å². The van der Waals surface area contributed by atoms with Crippen molar-refractivity contribution in [2.45, 2.75) is 39.7 Å². The summed E-state index contributed by atoms with van der Waals surface area (Å²) in [6.45, 7) is 5.82. The van der Waals surface area contributed by atoms with Gasteiger partial charge in [-0.1, -0.05) is 5.16 Å². The van der Waals surface area contributed by atoms with Crippen LogP contribution in [0.3, 0.4) is 0 Å². The highest BCUT2D eigenvalue weighted by molar-refractivity contribution is 5.95. The number of halogens is 1. The smallest absolute Gasteiger partial charge is 0.306 e. The van der Waals surface area contributed by atoms with Crippen molar-refractivity contribution in [3.63, 3.8) is 0 Å². The van der Waals surface area contributed by atoms with Crippen molar-refractivity contribution in [1.82, 2.24) is 15.1 Å². The fourth-order valence-electron chi connectivity index (χ4n) is 3.66. The minimum absolute atomic E-state index is 0.0775. The van der Waals surface area contributed by atoms with Crippen LogP contribution in [0.2, 0.25) is 0 Å². The van der Waals surface area contributed by atoms with E-state index in [9.17, 15) is 14.4 Å². The summed E-state index contributed by atoms with van der Waals surface area (Å²) < 4.78 is 30.5. The van der Waals surface area contributed by atoms with E-state index in [1.54, 1.807) is 31.3 Å². The van der Waals surface area contributed by atoms with Crippen LogP contribution in [-0.2, 0) is 16.0 Å². The fraction of sp³-hybridized carbons (Fsp3) is 0.280. The average Bonchev–Trinajstić information content (AvgIpc) is 3.45. The first-order valence-electron chi connectivity index (χ1n) is 10.9. The van der Waals surface area contributed by atoms with Gasteiger partial charge in [0.05, 0.1) is 23.8 Å². The Morgan fingerprint density at radius 1 is 1.29 bits per heavy atom. The normalized spacial score (nSPS) is 11.1. The lowest BCUT2D eigenvalue weighted by molar-refractivity contribution is -0.143. The molecule has 174 valence electrons. The Morgan fingerprint density at radius 3 is 2.85 bits per heavy atom. The summed E-state index contributed by atoms with van der Waals surface area (Å²) >= 11 is 0. The van der Waals surface area contributed by atoms with Gasteiger partial charge in [-0.3, -0.25) is 4.79 Å². The molecule has 0 spiro atoms. The van der Waals surface area contributed by atoms with Crippen LogP contribution in [0.25, 0.3) is 33.7 Å². The summed E-state index contributed by atoms with van der Waals surface area (Å²) in [5, 5.41) is 14.1. The summed E-state index contributed by atoms with van der Waals surface area (Å²) in [7, 11) is 0. The first kappa shape index (κ1) is 23.0. The second-order valence-corrected chi connectivity index (χ2v) is 7.91. The molecule has 0 atom stereocenters. The number of carbonyl (C=O) groups is 1. The quantitative estimate of drug-likeness (QED) is 0.359. The first-order chi connectivity index (χ1) is 16.4. The van der Waals surface area contributed by atoms with Crippen LogP contribution in [0.15, 0.2) is 41.1 Å². The van der Waals surface area contributed by atoms with Crippen molar-refractivity contribution in [3.05, 3.63) is 53.5 Å². The Hall–Kier alpha value is -4.19. The zero-order chi connectivity index (χ0) is 24.2. The van der Waals surface area contributed by atoms with Gasteiger partial charge in [-0.25, -0.2) is 4.39 Å². The third-order valence-corrected chi connectivity index (χ3v) is 5.12. The number of fused-ring (bicyclic) bond motifs is 1. The number of aryl methyl sites for hydroxylation is 1. The number of esters is 1. The van der Waals surface area contributed by atoms with Gasteiger partial charge in [0.15, 0.2) is 0 Å². The minimum atomic E-state index is -0.465. The van der Waals surface area contributed by atoms with E-state index in [1.165, 1.54) is 12.1 Å². The van der Waals surface area contributed by atoms with Crippen LogP contribution < -0.4 is 4.74 Å². The highest BCUT2D eigenvalue weighted by Gasteiger charge is 2.19. The molecule has 0 unspecified atom stereocenters. The standard InChI is InChI=1S/C25H23FN4O4/c1-4-32-22(31)8-6-16-13-28-23-19(16)10-18(26)11-20(23)24-29-25(34-30-24)15-5-7-21(33-14(2)3)17(9-15)12-27/h5,7,9-11,13-14,28H,4,6,8H2,1-3H3.